The number of hydrogen-bond acceptors (Lipinski definition) is 4. The highest BCUT2D eigenvalue weighted by Gasteiger charge is 2.22. The number of nitrogens with zero attached hydrogens (tertiary/aromatic N) is 5. The third-order valence-corrected chi connectivity index (χ3v) is 5.49. The number of rotatable bonds is 6. The molecule has 0 fully saturated rings. The SMILES string of the molecule is CCNC(=NCCCc1nn(-c2ccc(F)cc2)c(N)c1C#N)N1CCc2ccccc21. The van der Waals surface area contributed by atoms with Crippen molar-refractivity contribution in [1.82, 2.24) is 15.1 Å². The van der Waals surface area contributed by atoms with Crippen molar-refractivity contribution in [3.63, 3.8) is 0 Å². The van der Waals surface area contributed by atoms with Crippen molar-refractivity contribution in [2.45, 2.75) is 26.2 Å². The van der Waals surface area contributed by atoms with Crippen molar-refractivity contribution in [3.05, 3.63) is 71.2 Å². The van der Waals surface area contributed by atoms with Crippen LogP contribution in [0, 0.1) is 17.1 Å². The number of nitrogens with two attached hydrogens (primary N) is 1. The lowest BCUT2D eigenvalue weighted by atomic mass is 10.1. The summed E-state index contributed by atoms with van der Waals surface area (Å²) in [4.78, 5) is 7.03. The number of guanidine groups is 1. The molecule has 32 heavy (non-hydrogen) atoms. The summed E-state index contributed by atoms with van der Waals surface area (Å²) in [7, 11) is 0. The Morgan fingerprint density at radius 3 is 2.78 bits per heavy atom. The van der Waals surface area contributed by atoms with E-state index < -0.39 is 0 Å². The number of hydrogen-bond donors (Lipinski definition) is 2. The van der Waals surface area contributed by atoms with Crippen LogP contribution in [0.1, 0.15) is 30.2 Å². The second-order valence-electron chi connectivity index (χ2n) is 7.58. The van der Waals surface area contributed by atoms with Gasteiger partial charge in [-0.05, 0) is 62.1 Å². The minimum atomic E-state index is -0.338. The summed E-state index contributed by atoms with van der Waals surface area (Å²) >= 11 is 0. The fourth-order valence-corrected chi connectivity index (χ4v) is 3.94. The van der Waals surface area contributed by atoms with E-state index in [1.807, 2.05) is 6.07 Å². The van der Waals surface area contributed by atoms with Gasteiger partial charge in [0, 0.05) is 25.3 Å². The predicted molar refractivity (Wildman–Crippen MR) is 124 cm³/mol. The number of aryl methyl sites for hydroxylation is 1. The molecule has 0 unspecified atom stereocenters. The predicted octanol–water partition coefficient (Wildman–Crippen LogP) is 3.43. The second-order valence-corrected chi connectivity index (χ2v) is 7.58. The largest absolute Gasteiger partial charge is 0.382 e. The number of nitrogen functional groups attached to an aromatic ring is 1. The average Bonchev–Trinajstić information content (AvgIpc) is 3.37. The highest BCUT2D eigenvalue weighted by Crippen LogP contribution is 2.27. The summed E-state index contributed by atoms with van der Waals surface area (Å²) in [5, 5.41) is 17.5. The number of halogens is 1. The van der Waals surface area contributed by atoms with Gasteiger partial charge in [-0.1, -0.05) is 18.2 Å². The van der Waals surface area contributed by atoms with E-state index in [-0.39, 0.29) is 11.6 Å². The van der Waals surface area contributed by atoms with E-state index in [0.717, 1.165) is 31.9 Å². The molecule has 0 spiro atoms. The lowest BCUT2D eigenvalue weighted by molar-refractivity contribution is 0.627. The Morgan fingerprint density at radius 1 is 1.25 bits per heavy atom. The van der Waals surface area contributed by atoms with Gasteiger partial charge in [-0.25, -0.2) is 9.07 Å². The fraction of sp³-hybridized carbons (Fsp3) is 0.292. The van der Waals surface area contributed by atoms with E-state index in [1.165, 1.54) is 28.1 Å². The van der Waals surface area contributed by atoms with Crippen molar-refractivity contribution in [2.24, 2.45) is 4.99 Å². The first-order chi connectivity index (χ1) is 15.6. The van der Waals surface area contributed by atoms with Crippen LogP contribution in [0.25, 0.3) is 5.69 Å². The molecule has 0 amide bonds. The van der Waals surface area contributed by atoms with Crippen LogP contribution < -0.4 is 16.0 Å². The van der Waals surface area contributed by atoms with Crippen molar-refractivity contribution < 1.29 is 4.39 Å². The highest BCUT2D eigenvalue weighted by molar-refractivity contribution is 5.97. The Kier molecular flexibility index (Phi) is 6.36. The lowest BCUT2D eigenvalue weighted by Crippen LogP contribution is -2.40. The van der Waals surface area contributed by atoms with Crippen LogP contribution in [0.2, 0.25) is 0 Å². The molecule has 4 rings (SSSR count). The number of benzene rings is 2. The Morgan fingerprint density at radius 2 is 2.03 bits per heavy atom. The summed E-state index contributed by atoms with van der Waals surface area (Å²) in [5.74, 6) is 0.795. The maximum Gasteiger partial charge on any atom is 0.198 e. The van der Waals surface area contributed by atoms with Crippen LogP contribution in [0.15, 0.2) is 53.5 Å². The van der Waals surface area contributed by atoms with Gasteiger partial charge in [0.25, 0.3) is 0 Å². The van der Waals surface area contributed by atoms with Crippen LogP contribution in [0.5, 0.6) is 0 Å². The minimum absolute atomic E-state index is 0.264. The summed E-state index contributed by atoms with van der Waals surface area (Å²) in [5.41, 5.74) is 10.3. The number of nitriles is 1. The molecule has 7 nitrogen and oxygen atoms in total. The summed E-state index contributed by atoms with van der Waals surface area (Å²) in [6.45, 7) is 4.34. The first-order valence-electron chi connectivity index (χ1n) is 10.8. The van der Waals surface area contributed by atoms with Gasteiger partial charge < -0.3 is 16.0 Å². The summed E-state index contributed by atoms with van der Waals surface area (Å²) in [6, 6.07) is 16.4. The maximum absolute atomic E-state index is 13.2. The molecule has 0 saturated carbocycles. The first-order valence-corrected chi connectivity index (χ1v) is 10.8. The number of aliphatic imine (C=N–C) groups is 1. The topological polar surface area (TPSA) is 95.3 Å². The molecule has 3 aromatic rings. The molecule has 0 aliphatic carbocycles. The van der Waals surface area contributed by atoms with Crippen LogP contribution >= 0.6 is 0 Å². The van der Waals surface area contributed by atoms with Gasteiger partial charge in [0.15, 0.2) is 5.96 Å². The molecule has 0 atom stereocenters. The Balaban J connectivity index is 1.46. The molecule has 2 aromatic carbocycles. The second kappa shape index (κ2) is 9.52. The van der Waals surface area contributed by atoms with Gasteiger partial charge in [-0.3, -0.25) is 4.99 Å². The molecule has 1 aliphatic heterocycles. The Bertz CT molecular complexity index is 1160. The zero-order valence-electron chi connectivity index (χ0n) is 18.1. The molecular weight excluding hydrogens is 405 g/mol. The monoisotopic (exact) mass is 431 g/mol. The van der Waals surface area contributed by atoms with Crippen molar-refractivity contribution in [3.8, 4) is 11.8 Å². The molecule has 2 heterocycles. The third kappa shape index (κ3) is 4.28. The van der Waals surface area contributed by atoms with Gasteiger partial charge in [0.1, 0.15) is 23.3 Å². The Labute approximate surface area is 187 Å². The number of aromatic nitrogens is 2. The quantitative estimate of drug-likeness (QED) is 0.354. The number of para-hydroxylation sites is 1. The van der Waals surface area contributed by atoms with E-state index in [0.29, 0.717) is 29.9 Å². The maximum atomic E-state index is 13.2. The van der Waals surface area contributed by atoms with E-state index in [4.69, 9.17) is 10.7 Å². The normalized spacial score (nSPS) is 13.2. The molecule has 0 saturated heterocycles. The van der Waals surface area contributed by atoms with Crippen LogP contribution in [0.3, 0.4) is 0 Å². The zero-order chi connectivity index (χ0) is 22.5. The van der Waals surface area contributed by atoms with Crippen LogP contribution in [-0.2, 0) is 12.8 Å². The Hall–Kier alpha value is -3.86. The van der Waals surface area contributed by atoms with Gasteiger partial charge in [0.05, 0.1) is 11.4 Å². The fourth-order valence-electron chi connectivity index (χ4n) is 3.94. The van der Waals surface area contributed by atoms with E-state index in [2.05, 4.69) is 46.5 Å². The molecule has 164 valence electrons. The van der Waals surface area contributed by atoms with Gasteiger partial charge in [-0.2, -0.15) is 10.4 Å². The van der Waals surface area contributed by atoms with E-state index in [1.54, 1.807) is 12.1 Å². The molecular formula is C24H26FN7. The summed E-state index contributed by atoms with van der Waals surface area (Å²) < 4.78 is 14.7. The van der Waals surface area contributed by atoms with Gasteiger partial charge in [-0.15, -0.1) is 0 Å². The highest BCUT2D eigenvalue weighted by atomic mass is 19.1. The van der Waals surface area contributed by atoms with E-state index >= 15 is 0 Å². The van der Waals surface area contributed by atoms with Crippen molar-refractivity contribution in [2.75, 3.05) is 30.3 Å². The summed E-state index contributed by atoms with van der Waals surface area (Å²) in [6.07, 6.45) is 2.30. The van der Waals surface area contributed by atoms with Crippen LogP contribution in [-0.4, -0.2) is 35.4 Å². The molecule has 3 N–H and O–H groups in total. The molecule has 0 bridgehead atoms. The average molecular weight is 432 g/mol. The smallest absolute Gasteiger partial charge is 0.198 e. The van der Waals surface area contributed by atoms with Crippen LogP contribution in [0.4, 0.5) is 15.9 Å². The standard InChI is InChI=1S/C24H26FN7/c1-2-28-24(31-15-13-17-6-3-4-8-22(17)31)29-14-5-7-21-20(16-26)23(27)32(30-21)19-11-9-18(25)10-12-19/h3-4,6,8-12H,2,5,7,13-15,27H2,1H3,(H,28,29). The van der Waals surface area contributed by atoms with Crippen molar-refractivity contribution >= 4 is 17.5 Å². The minimum Gasteiger partial charge on any atom is -0.382 e. The number of fused-ring (bicyclic) bond motifs is 1. The van der Waals surface area contributed by atoms with Crippen molar-refractivity contribution in [1.29, 1.82) is 5.26 Å². The molecule has 1 aromatic heterocycles. The number of anilines is 2. The third-order valence-electron chi connectivity index (χ3n) is 5.49. The number of nitrogens with one attached hydrogen (secondary N) is 1. The zero-order valence-corrected chi connectivity index (χ0v) is 18.1. The van der Waals surface area contributed by atoms with Gasteiger partial charge >= 0.3 is 0 Å². The molecule has 8 heteroatoms. The molecule has 1 aliphatic rings. The van der Waals surface area contributed by atoms with Gasteiger partial charge in [0.2, 0.25) is 0 Å². The van der Waals surface area contributed by atoms with E-state index in [9.17, 15) is 9.65 Å². The lowest BCUT2D eigenvalue weighted by Gasteiger charge is -2.22. The molecule has 0 radical (unpaired) electrons. The first kappa shape index (κ1) is 21.4.